The molecule has 1 amide bonds. The minimum atomic E-state index is 0.319. The van der Waals surface area contributed by atoms with Gasteiger partial charge in [0.15, 0.2) is 0 Å². The SMILES string of the molecule is O=C(CCN1c2ccccc2Sc2ccccc21)N1CCCC1CN1CCCC1. The molecule has 0 aliphatic carbocycles. The summed E-state index contributed by atoms with van der Waals surface area (Å²) in [7, 11) is 0. The van der Waals surface area contributed by atoms with Crippen molar-refractivity contribution < 1.29 is 4.79 Å². The van der Waals surface area contributed by atoms with Crippen molar-refractivity contribution in [2.24, 2.45) is 0 Å². The molecule has 152 valence electrons. The lowest BCUT2D eigenvalue weighted by Crippen LogP contribution is -2.43. The monoisotopic (exact) mass is 407 g/mol. The summed E-state index contributed by atoms with van der Waals surface area (Å²) in [6, 6.07) is 17.5. The highest BCUT2D eigenvalue weighted by Crippen LogP contribution is 2.47. The Morgan fingerprint density at radius 1 is 0.897 bits per heavy atom. The average Bonchev–Trinajstić information content (AvgIpc) is 3.43. The van der Waals surface area contributed by atoms with Crippen LogP contribution in [-0.4, -0.2) is 54.5 Å². The van der Waals surface area contributed by atoms with Gasteiger partial charge in [-0.1, -0.05) is 36.0 Å². The summed E-state index contributed by atoms with van der Waals surface area (Å²) in [4.78, 5) is 22.8. The Morgan fingerprint density at radius 3 is 2.24 bits per heavy atom. The summed E-state index contributed by atoms with van der Waals surface area (Å²) in [6.07, 6.45) is 5.51. The molecule has 0 spiro atoms. The lowest BCUT2D eigenvalue weighted by molar-refractivity contribution is -0.132. The predicted molar refractivity (Wildman–Crippen MR) is 119 cm³/mol. The summed E-state index contributed by atoms with van der Waals surface area (Å²) in [6.45, 7) is 5.15. The van der Waals surface area contributed by atoms with Crippen LogP contribution < -0.4 is 4.90 Å². The first-order valence-electron chi connectivity index (χ1n) is 10.9. The highest BCUT2D eigenvalue weighted by molar-refractivity contribution is 7.99. The molecule has 5 rings (SSSR count). The number of benzene rings is 2. The molecule has 0 aromatic heterocycles. The van der Waals surface area contributed by atoms with Gasteiger partial charge in [0.25, 0.3) is 0 Å². The molecule has 1 atom stereocenters. The van der Waals surface area contributed by atoms with Crippen molar-refractivity contribution in [3.05, 3.63) is 48.5 Å². The molecular formula is C24H29N3OS. The van der Waals surface area contributed by atoms with Gasteiger partial charge in [0.2, 0.25) is 5.91 Å². The van der Waals surface area contributed by atoms with Crippen LogP contribution in [0.1, 0.15) is 32.1 Å². The lowest BCUT2D eigenvalue weighted by atomic mass is 10.2. The zero-order valence-electron chi connectivity index (χ0n) is 16.9. The van der Waals surface area contributed by atoms with Crippen LogP contribution in [0.15, 0.2) is 58.3 Å². The van der Waals surface area contributed by atoms with Crippen LogP contribution in [0, 0.1) is 0 Å². The zero-order chi connectivity index (χ0) is 19.6. The normalized spacial score (nSPS) is 21.3. The van der Waals surface area contributed by atoms with E-state index >= 15 is 0 Å². The van der Waals surface area contributed by atoms with E-state index in [-0.39, 0.29) is 0 Å². The first-order chi connectivity index (χ1) is 14.3. The van der Waals surface area contributed by atoms with Crippen LogP contribution in [0.3, 0.4) is 0 Å². The maximum absolute atomic E-state index is 13.2. The number of anilines is 2. The summed E-state index contributed by atoms with van der Waals surface area (Å²) < 4.78 is 0. The van der Waals surface area contributed by atoms with Crippen molar-refractivity contribution >= 4 is 29.0 Å². The number of hydrogen-bond acceptors (Lipinski definition) is 4. The molecule has 1 unspecified atom stereocenters. The molecule has 0 saturated carbocycles. The van der Waals surface area contributed by atoms with Gasteiger partial charge in [-0.3, -0.25) is 4.79 Å². The molecule has 2 saturated heterocycles. The number of para-hydroxylation sites is 2. The third kappa shape index (κ3) is 3.90. The number of carbonyl (C=O) groups is 1. The molecule has 3 heterocycles. The first-order valence-corrected chi connectivity index (χ1v) is 11.8. The third-order valence-corrected chi connectivity index (χ3v) is 7.58. The van der Waals surface area contributed by atoms with Crippen molar-refractivity contribution in [1.29, 1.82) is 0 Å². The fraction of sp³-hybridized carbons (Fsp3) is 0.458. The summed E-state index contributed by atoms with van der Waals surface area (Å²) in [5.41, 5.74) is 2.44. The number of amides is 1. The second kappa shape index (κ2) is 8.41. The third-order valence-electron chi connectivity index (χ3n) is 6.45. The van der Waals surface area contributed by atoms with E-state index in [1.807, 2.05) is 11.8 Å². The maximum atomic E-state index is 13.2. The van der Waals surface area contributed by atoms with E-state index in [2.05, 4.69) is 63.2 Å². The fourth-order valence-electron chi connectivity index (χ4n) is 4.99. The quantitative estimate of drug-likeness (QED) is 0.714. The minimum Gasteiger partial charge on any atom is -0.339 e. The predicted octanol–water partition coefficient (Wildman–Crippen LogP) is 4.77. The standard InChI is InChI=1S/C24H29N3OS/c28-24(26-16-7-8-19(26)18-25-14-5-6-15-25)13-17-27-20-9-1-3-11-22(20)29-23-12-4-2-10-21(23)27/h1-4,9-12,19H,5-8,13-18H2. The number of likely N-dealkylation sites (tertiary alicyclic amines) is 2. The van der Waals surface area contributed by atoms with Gasteiger partial charge in [0.1, 0.15) is 0 Å². The first kappa shape index (κ1) is 19.0. The second-order valence-electron chi connectivity index (χ2n) is 8.33. The number of rotatable bonds is 5. The molecule has 4 nitrogen and oxygen atoms in total. The Bertz CT molecular complexity index is 834. The molecule has 5 heteroatoms. The second-order valence-corrected chi connectivity index (χ2v) is 9.41. The minimum absolute atomic E-state index is 0.319. The highest BCUT2D eigenvalue weighted by atomic mass is 32.2. The van der Waals surface area contributed by atoms with E-state index in [1.165, 1.54) is 47.1 Å². The average molecular weight is 408 g/mol. The Balaban J connectivity index is 1.29. The Morgan fingerprint density at radius 2 is 1.55 bits per heavy atom. The Kier molecular flexibility index (Phi) is 5.51. The molecule has 3 aliphatic rings. The number of fused-ring (bicyclic) bond motifs is 2. The molecule has 29 heavy (non-hydrogen) atoms. The fourth-order valence-corrected chi connectivity index (χ4v) is 6.09. The van der Waals surface area contributed by atoms with Crippen LogP contribution in [0.4, 0.5) is 11.4 Å². The topological polar surface area (TPSA) is 26.8 Å². The summed E-state index contributed by atoms with van der Waals surface area (Å²) in [5.74, 6) is 0.319. The molecule has 0 N–H and O–H groups in total. The molecular weight excluding hydrogens is 378 g/mol. The van der Waals surface area contributed by atoms with E-state index in [9.17, 15) is 4.79 Å². The van der Waals surface area contributed by atoms with E-state index in [4.69, 9.17) is 0 Å². The molecule has 2 fully saturated rings. The van der Waals surface area contributed by atoms with Crippen molar-refractivity contribution in [3.63, 3.8) is 0 Å². The molecule has 3 aliphatic heterocycles. The van der Waals surface area contributed by atoms with E-state index < -0.39 is 0 Å². The molecule has 0 bridgehead atoms. The molecule has 2 aromatic rings. The van der Waals surface area contributed by atoms with Gasteiger partial charge in [-0.05, 0) is 63.0 Å². The van der Waals surface area contributed by atoms with Gasteiger partial charge in [0, 0.05) is 41.9 Å². The number of nitrogens with zero attached hydrogens (tertiary/aromatic N) is 3. The maximum Gasteiger partial charge on any atom is 0.224 e. The highest BCUT2D eigenvalue weighted by Gasteiger charge is 2.31. The molecule has 0 radical (unpaired) electrons. The van der Waals surface area contributed by atoms with E-state index in [0.717, 1.165) is 32.5 Å². The van der Waals surface area contributed by atoms with Gasteiger partial charge >= 0.3 is 0 Å². The smallest absolute Gasteiger partial charge is 0.224 e. The van der Waals surface area contributed by atoms with Crippen molar-refractivity contribution in [3.8, 4) is 0 Å². The van der Waals surface area contributed by atoms with Gasteiger partial charge in [-0.25, -0.2) is 0 Å². The summed E-state index contributed by atoms with van der Waals surface area (Å²) >= 11 is 1.82. The van der Waals surface area contributed by atoms with Crippen molar-refractivity contribution in [2.45, 2.75) is 47.9 Å². The van der Waals surface area contributed by atoms with Gasteiger partial charge in [-0.2, -0.15) is 0 Å². The Labute approximate surface area is 177 Å². The van der Waals surface area contributed by atoms with Crippen LogP contribution >= 0.6 is 11.8 Å². The van der Waals surface area contributed by atoms with Crippen molar-refractivity contribution in [1.82, 2.24) is 9.80 Å². The Hall–Kier alpha value is -1.98. The van der Waals surface area contributed by atoms with Gasteiger partial charge in [0.05, 0.1) is 11.4 Å². The largest absolute Gasteiger partial charge is 0.339 e. The van der Waals surface area contributed by atoms with Crippen LogP contribution in [0.25, 0.3) is 0 Å². The van der Waals surface area contributed by atoms with Crippen LogP contribution in [0.2, 0.25) is 0 Å². The molecule has 2 aromatic carbocycles. The lowest BCUT2D eigenvalue weighted by Gasteiger charge is -2.34. The van der Waals surface area contributed by atoms with Crippen LogP contribution in [0.5, 0.6) is 0 Å². The van der Waals surface area contributed by atoms with E-state index in [1.54, 1.807) is 0 Å². The van der Waals surface area contributed by atoms with Crippen molar-refractivity contribution in [2.75, 3.05) is 37.6 Å². The van der Waals surface area contributed by atoms with E-state index in [0.29, 0.717) is 18.4 Å². The van der Waals surface area contributed by atoms with Gasteiger partial charge in [-0.15, -0.1) is 0 Å². The number of hydrogen-bond donors (Lipinski definition) is 0. The summed E-state index contributed by atoms with van der Waals surface area (Å²) in [5, 5.41) is 0. The van der Waals surface area contributed by atoms with Gasteiger partial charge < -0.3 is 14.7 Å². The number of carbonyl (C=O) groups excluding carboxylic acids is 1. The van der Waals surface area contributed by atoms with Crippen LogP contribution in [-0.2, 0) is 4.79 Å². The zero-order valence-corrected chi connectivity index (χ0v) is 17.7.